The fourth-order valence-electron chi connectivity index (χ4n) is 1.88. The Hall–Kier alpha value is -1.40. The van der Waals surface area contributed by atoms with Crippen LogP contribution in [0.2, 0.25) is 5.15 Å². The van der Waals surface area contributed by atoms with Gasteiger partial charge < -0.3 is 10.1 Å². The fourth-order valence-corrected chi connectivity index (χ4v) is 2.03. The molecule has 1 aromatic heterocycles. The Morgan fingerprint density at radius 1 is 1.56 bits per heavy atom. The molecule has 0 amide bonds. The number of halogens is 1. The standard InChI is InChI=1S/C11H14ClN3O3/c12-10-5-4-9(15(16)17)11(14-10)13-7-8-3-1-2-6-18-8/h4-5,8H,1-3,6-7H2,(H,13,14). The number of ether oxygens (including phenoxy) is 1. The van der Waals surface area contributed by atoms with Crippen LogP contribution in [0.15, 0.2) is 12.1 Å². The molecule has 98 valence electrons. The summed E-state index contributed by atoms with van der Waals surface area (Å²) in [5.41, 5.74) is -0.0739. The van der Waals surface area contributed by atoms with Gasteiger partial charge in [-0.15, -0.1) is 0 Å². The van der Waals surface area contributed by atoms with Gasteiger partial charge in [0.25, 0.3) is 0 Å². The number of rotatable bonds is 4. The number of pyridine rings is 1. The molecule has 0 spiro atoms. The molecule has 1 saturated heterocycles. The van der Waals surface area contributed by atoms with E-state index >= 15 is 0 Å². The molecule has 2 heterocycles. The van der Waals surface area contributed by atoms with Crippen molar-refractivity contribution in [2.24, 2.45) is 0 Å². The van der Waals surface area contributed by atoms with Gasteiger partial charge in [-0.3, -0.25) is 10.1 Å². The minimum Gasteiger partial charge on any atom is -0.376 e. The summed E-state index contributed by atoms with van der Waals surface area (Å²) in [4.78, 5) is 14.3. The molecule has 1 aliphatic heterocycles. The molecule has 1 atom stereocenters. The number of nitrogens with one attached hydrogen (secondary N) is 1. The molecule has 0 aliphatic carbocycles. The van der Waals surface area contributed by atoms with Crippen LogP contribution in [-0.4, -0.2) is 29.2 Å². The third kappa shape index (κ3) is 3.30. The number of aromatic nitrogens is 1. The molecule has 7 heteroatoms. The molecule has 0 saturated carbocycles. The van der Waals surface area contributed by atoms with Gasteiger partial charge in [-0.25, -0.2) is 4.98 Å². The van der Waals surface area contributed by atoms with Crippen molar-refractivity contribution in [1.82, 2.24) is 4.98 Å². The van der Waals surface area contributed by atoms with Crippen LogP contribution < -0.4 is 5.32 Å². The Kier molecular flexibility index (Phi) is 4.33. The lowest BCUT2D eigenvalue weighted by Crippen LogP contribution is -2.27. The molecule has 1 aliphatic rings. The van der Waals surface area contributed by atoms with Gasteiger partial charge in [0.15, 0.2) is 0 Å². The van der Waals surface area contributed by atoms with Crippen molar-refractivity contribution in [3.8, 4) is 0 Å². The predicted molar refractivity (Wildman–Crippen MR) is 68.0 cm³/mol. The first-order valence-corrected chi connectivity index (χ1v) is 6.21. The van der Waals surface area contributed by atoms with Gasteiger partial charge in [0, 0.05) is 19.2 Å². The topological polar surface area (TPSA) is 77.3 Å². The van der Waals surface area contributed by atoms with Crippen LogP contribution in [0.25, 0.3) is 0 Å². The highest BCUT2D eigenvalue weighted by molar-refractivity contribution is 6.29. The molecule has 0 aromatic carbocycles. The molecule has 0 radical (unpaired) electrons. The van der Waals surface area contributed by atoms with Gasteiger partial charge in [0.2, 0.25) is 5.82 Å². The van der Waals surface area contributed by atoms with E-state index in [-0.39, 0.29) is 22.8 Å². The first kappa shape index (κ1) is 13.0. The predicted octanol–water partition coefficient (Wildman–Crippen LogP) is 2.62. The van der Waals surface area contributed by atoms with E-state index in [4.69, 9.17) is 16.3 Å². The molecule has 6 nitrogen and oxygen atoms in total. The lowest BCUT2D eigenvalue weighted by molar-refractivity contribution is -0.384. The highest BCUT2D eigenvalue weighted by atomic mass is 35.5. The number of nitrogens with zero attached hydrogens (tertiary/aromatic N) is 2. The van der Waals surface area contributed by atoms with Crippen molar-refractivity contribution in [3.63, 3.8) is 0 Å². The molecule has 1 N–H and O–H groups in total. The van der Waals surface area contributed by atoms with Crippen LogP contribution in [-0.2, 0) is 4.74 Å². The largest absolute Gasteiger partial charge is 0.376 e. The number of hydrogen-bond donors (Lipinski definition) is 1. The molecular formula is C11H14ClN3O3. The quantitative estimate of drug-likeness (QED) is 0.517. The van der Waals surface area contributed by atoms with Crippen LogP contribution in [0.3, 0.4) is 0 Å². The molecule has 1 fully saturated rings. The van der Waals surface area contributed by atoms with E-state index in [1.54, 1.807) is 0 Å². The molecule has 2 rings (SSSR count). The van der Waals surface area contributed by atoms with Gasteiger partial charge >= 0.3 is 5.69 Å². The van der Waals surface area contributed by atoms with Crippen molar-refractivity contribution < 1.29 is 9.66 Å². The van der Waals surface area contributed by atoms with E-state index in [9.17, 15) is 10.1 Å². The smallest absolute Gasteiger partial charge is 0.311 e. The summed E-state index contributed by atoms with van der Waals surface area (Å²) in [6, 6.07) is 2.75. The SMILES string of the molecule is O=[N+]([O-])c1ccc(Cl)nc1NCC1CCCCO1. The van der Waals surface area contributed by atoms with Gasteiger partial charge in [-0.1, -0.05) is 11.6 Å². The van der Waals surface area contributed by atoms with E-state index in [2.05, 4.69) is 10.3 Å². The second-order valence-electron chi connectivity index (χ2n) is 4.13. The van der Waals surface area contributed by atoms with Crippen molar-refractivity contribution in [1.29, 1.82) is 0 Å². The summed E-state index contributed by atoms with van der Waals surface area (Å²) < 4.78 is 5.54. The van der Waals surface area contributed by atoms with Gasteiger partial charge in [0.1, 0.15) is 5.15 Å². The summed E-state index contributed by atoms with van der Waals surface area (Å²) in [7, 11) is 0. The normalized spacial score (nSPS) is 19.5. The summed E-state index contributed by atoms with van der Waals surface area (Å²) in [5, 5.41) is 14.0. The van der Waals surface area contributed by atoms with E-state index in [1.807, 2.05) is 0 Å². The monoisotopic (exact) mass is 271 g/mol. The maximum atomic E-state index is 10.8. The molecule has 18 heavy (non-hydrogen) atoms. The lowest BCUT2D eigenvalue weighted by atomic mass is 10.1. The Labute approximate surface area is 109 Å². The zero-order valence-corrected chi connectivity index (χ0v) is 10.5. The Balaban J connectivity index is 2.03. The fraction of sp³-hybridized carbons (Fsp3) is 0.545. The van der Waals surface area contributed by atoms with Crippen molar-refractivity contribution in [2.45, 2.75) is 25.4 Å². The number of anilines is 1. The molecule has 1 unspecified atom stereocenters. The van der Waals surface area contributed by atoms with Crippen LogP contribution in [0.1, 0.15) is 19.3 Å². The van der Waals surface area contributed by atoms with E-state index in [1.165, 1.54) is 12.1 Å². The minimum absolute atomic E-state index is 0.0739. The van der Waals surface area contributed by atoms with Crippen LogP contribution in [0.4, 0.5) is 11.5 Å². The Bertz CT molecular complexity index is 436. The molecular weight excluding hydrogens is 258 g/mol. The number of hydrogen-bond acceptors (Lipinski definition) is 5. The van der Waals surface area contributed by atoms with Crippen LogP contribution in [0, 0.1) is 10.1 Å². The van der Waals surface area contributed by atoms with E-state index in [0.29, 0.717) is 6.54 Å². The third-order valence-corrected chi connectivity index (χ3v) is 3.02. The first-order valence-electron chi connectivity index (χ1n) is 5.83. The van der Waals surface area contributed by atoms with E-state index < -0.39 is 4.92 Å². The number of nitro groups is 1. The summed E-state index contributed by atoms with van der Waals surface area (Å²) in [5.74, 6) is 0.196. The van der Waals surface area contributed by atoms with E-state index in [0.717, 1.165) is 25.9 Å². The van der Waals surface area contributed by atoms with Crippen molar-refractivity contribution in [2.75, 3.05) is 18.5 Å². The summed E-state index contributed by atoms with van der Waals surface area (Å²) >= 11 is 5.74. The van der Waals surface area contributed by atoms with Crippen molar-refractivity contribution >= 4 is 23.1 Å². The highest BCUT2D eigenvalue weighted by Crippen LogP contribution is 2.24. The summed E-state index contributed by atoms with van der Waals surface area (Å²) in [6.45, 7) is 1.26. The maximum absolute atomic E-state index is 10.8. The average Bonchev–Trinajstić information content (AvgIpc) is 2.37. The second-order valence-corrected chi connectivity index (χ2v) is 4.52. The molecule has 1 aromatic rings. The first-order chi connectivity index (χ1) is 8.66. The molecule has 0 bridgehead atoms. The maximum Gasteiger partial charge on any atom is 0.311 e. The Morgan fingerprint density at radius 2 is 2.39 bits per heavy atom. The highest BCUT2D eigenvalue weighted by Gasteiger charge is 2.18. The third-order valence-electron chi connectivity index (χ3n) is 2.81. The van der Waals surface area contributed by atoms with Crippen LogP contribution in [0.5, 0.6) is 0 Å². The minimum atomic E-state index is -0.479. The van der Waals surface area contributed by atoms with Gasteiger partial charge in [-0.2, -0.15) is 0 Å². The zero-order chi connectivity index (χ0) is 13.0. The zero-order valence-electron chi connectivity index (χ0n) is 9.76. The van der Waals surface area contributed by atoms with Crippen LogP contribution >= 0.6 is 11.6 Å². The second kappa shape index (κ2) is 5.97. The van der Waals surface area contributed by atoms with Gasteiger partial charge in [-0.05, 0) is 25.3 Å². The Morgan fingerprint density at radius 3 is 3.06 bits per heavy atom. The summed E-state index contributed by atoms with van der Waals surface area (Å²) in [6.07, 6.45) is 3.24. The lowest BCUT2D eigenvalue weighted by Gasteiger charge is -2.22. The average molecular weight is 272 g/mol. The van der Waals surface area contributed by atoms with Crippen molar-refractivity contribution in [3.05, 3.63) is 27.4 Å². The van der Waals surface area contributed by atoms with Gasteiger partial charge in [0.05, 0.1) is 11.0 Å².